The largest absolute Gasteiger partial charge is 0.299 e. The molecule has 0 bridgehead atoms. The van der Waals surface area contributed by atoms with Gasteiger partial charge < -0.3 is 0 Å². The summed E-state index contributed by atoms with van der Waals surface area (Å²) in [7, 11) is 2.49. The molecule has 0 aromatic rings. The van der Waals surface area contributed by atoms with Gasteiger partial charge in [-0.25, -0.2) is 0 Å². The Hall–Kier alpha value is -0.0151. The van der Waals surface area contributed by atoms with E-state index < -0.39 is 0 Å². The number of hydrogen-bond donors (Lipinski definition) is 1. The van der Waals surface area contributed by atoms with Crippen molar-refractivity contribution in [3.05, 3.63) is 0 Å². The van der Waals surface area contributed by atoms with E-state index in [9.17, 15) is 0 Å². The Morgan fingerprint density at radius 3 is 2.33 bits per heavy atom. The van der Waals surface area contributed by atoms with E-state index >= 15 is 0 Å². The van der Waals surface area contributed by atoms with Crippen molar-refractivity contribution in [2.24, 2.45) is 5.92 Å². The summed E-state index contributed by atoms with van der Waals surface area (Å²) in [5, 5.41) is 3.83. The molecule has 2 rings (SSSR count). The molecular weight excluding hydrogens is 255 g/mol. The van der Waals surface area contributed by atoms with Gasteiger partial charge in [-0.3, -0.25) is 10.2 Å². The minimum absolute atomic E-state index is 0.586. The quantitative estimate of drug-likeness (QED) is 0.800. The molecule has 0 amide bonds. The van der Waals surface area contributed by atoms with Crippen LogP contribution < -0.4 is 5.32 Å². The first-order valence-electron chi connectivity index (χ1n) is 9.52. The van der Waals surface area contributed by atoms with E-state index in [1.165, 1.54) is 51.4 Å². The summed E-state index contributed by atoms with van der Waals surface area (Å²) in [4.78, 5) is 2.84. The van der Waals surface area contributed by atoms with Gasteiger partial charge in [-0.05, 0) is 52.9 Å². The number of nitrogens with zero attached hydrogens (tertiary/aromatic N) is 1. The average Bonchev–Trinajstić information content (AvgIpc) is 2.47. The third kappa shape index (κ3) is 4.73. The first-order chi connectivity index (χ1) is 9.99. The van der Waals surface area contributed by atoms with Gasteiger partial charge in [-0.2, -0.15) is 0 Å². The van der Waals surface area contributed by atoms with E-state index in [0.717, 1.165) is 17.8 Å². The second-order valence-corrected chi connectivity index (χ2v) is 8.26. The maximum atomic E-state index is 3.83. The van der Waals surface area contributed by atoms with Crippen molar-refractivity contribution in [3.8, 4) is 0 Å². The molecule has 1 saturated heterocycles. The van der Waals surface area contributed by atoms with E-state index in [2.05, 4.69) is 45.8 Å². The highest BCUT2D eigenvalue weighted by Crippen LogP contribution is 2.38. The zero-order valence-electron chi connectivity index (χ0n) is 15.1. The number of piperidine rings is 1. The number of hydrogen-bond acceptors (Lipinski definition) is 2. The molecule has 4 atom stereocenters. The minimum Gasteiger partial charge on any atom is -0.299 e. The van der Waals surface area contributed by atoms with E-state index in [4.69, 9.17) is 0 Å². The zero-order chi connectivity index (χ0) is 15.4. The molecule has 2 fully saturated rings. The Morgan fingerprint density at radius 1 is 0.952 bits per heavy atom. The van der Waals surface area contributed by atoms with Crippen molar-refractivity contribution in [2.45, 2.75) is 109 Å². The molecule has 4 unspecified atom stereocenters. The third-order valence-electron chi connectivity index (χ3n) is 5.62. The molecule has 0 aromatic heterocycles. The summed E-state index contributed by atoms with van der Waals surface area (Å²) in [6.45, 7) is 9.37. The summed E-state index contributed by atoms with van der Waals surface area (Å²) >= 11 is 0. The van der Waals surface area contributed by atoms with Gasteiger partial charge in [0.15, 0.2) is 0 Å². The molecular formula is C18H37BN2. The molecule has 3 heteroatoms. The second kappa shape index (κ2) is 8.01. The number of fused-ring (bicyclic) bond motifs is 1. The van der Waals surface area contributed by atoms with Crippen molar-refractivity contribution in [1.82, 2.24) is 10.2 Å². The summed E-state index contributed by atoms with van der Waals surface area (Å²) in [5.41, 5.74) is 0. The molecule has 21 heavy (non-hydrogen) atoms. The Kier molecular flexibility index (Phi) is 6.62. The lowest BCUT2D eigenvalue weighted by atomic mass is 9.72. The van der Waals surface area contributed by atoms with Gasteiger partial charge in [0.05, 0.1) is 6.17 Å². The van der Waals surface area contributed by atoms with Crippen LogP contribution in [-0.4, -0.2) is 37.0 Å². The highest BCUT2D eigenvalue weighted by Gasteiger charge is 2.38. The lowest BCUT2D eigenvalue weighted by Crippen LogP contribution is -2.60. The first kappa shape index (κ1) is 17.3. The molecule has 0 radical (unpaired) electrons. The van der Waals surface area contributed by atoms with Gasteiger partial charge in [-0.1, -0.05) is 37.9 Å². The molecule has 1 aliphatic carbocycles. The average molecular weight is 292 g/mol. The van der Waals surface area contributed by atoms with Crippen LogP contribution in [0.25, 0.3) is 0 Å². The Morgan fingerprint density at radius 2 is 1.67 bits per heavy atom. The Balaban J connectivity index is 2.14. The van der Waals surface area contributed by atoms with Crippen molar-refractivity contribution in [3.63, 3.8) is 0 Å². The van der Waals surface area contributed by atoms with Crippen LogP contribution in [0.15, 0.2) is 0 Å². The van der Waals surface area contributed by atoms with Crippen LogP contribution in [0.2, 0.25) is 5.82 Å². The molecule has 1 aliphatic heterocycles. The predicted octanol–water partition coefficient (Wildman–Crippen LogP) is 3.58. The summed E-state index contributed by atoms with van der Waals surface area (Å²) in [5.74, 6) is 1.87. The molecule has 1 heterocycles. The molecule has 122 valence electrons. The standard InChI is InChI=1S/C18H37BN2/c1-13(2)20-18-11-10-15-12-16(19)8-6-5-7-9-17(15)21(18)14(3)4/h13-18,20H,5-12,19H2,1-4H3. The SMILES string of the molecule is BC1CCCCCC2C(CCC(NC(C)C)N2C(C)C)C1. The van der Waals surface area contributed by atoms with Crippen LogP contribution in [0.5, 0.6) is 0 Å². The lowest BCUT2D eigenvalue weighted by Gasteiger charge is -2.50. The second-order valence-electron chi connectivity index (χ2n) is 8.26. The monoisotopic (exact) mass is 292 g/mol. The summed E-state index contributed by atoms with van der Waals surface area (Å²) in [6.07, 6.45) is 12.0. The highest BCUT2D eigenvalue weighted by atomic mass is 15.3. The van der Waals surface area contributed by atoms with Gasteiger partial charge in [0.25, 0.3) is 0 Å². The van der Waals surface area contributed by atoms with Crippen LogP contribution in [0.3, 0.4) is 0 Å². The van der Waals surface area contributed by atoms with E-state index in [1.54, 1.807) is 0 Å². The zero-order valence-corrected chi connectivity index (χ0v) is 15.1. The van der Waals surface area contributed by atoms with Gasteiger partial charge in [0.1, 0.15) is 7.85 Å². The summed E-state index contributed by atoms with van der Waals surface area (Å²) < 4.78 is 0. The van der Waals surface area contributed by atoms with Crippen molar-refractivity contribution in [2.75, 3.05) is 0 Å². The van der Waals surface area contributed by atoms with Crippen LogP contribution in [0, 0.1) is 5.92 Å². The Labute approximate surface area is 133 Å². The molecule has 0 spiro atoms. The van der Waals surface area contributed by atoms with Gasteiger partial charge in [-0.15, -0.1) is 0 Å². The highest BCUT2D eigenvalue weighted by molar-refractivity contribution is 6.11. The van der Waals surface area contributed by atoms with Crippen molar-refractivity contribution < 1.29 is 0 Å². The van der Waals surface area contributed by atoms with Gasteiger partial charge in [0, 0.05) is 18.1 Å². The fourth-order valence-electron chi connectivity index (χ4n) is 4.80. The van der Waals surface area contributed by atoms with Crippen LogP contribution in [0.1, 0.15) is 79.1 Å². The van der Waals surface area contributed by atoms with Crippen molar-refractivity contribution >= 4 is 7.85 Å². The van der Waals surface area contributed by atoms with Crippen molar-refractivity contribution in [1.29, 1.82) is 0 Å². The van der Waals surface area contributed by atoms with Crippen LogP contribution >= 0.6 is 0 Å². The van der Waals surface area contributed by atoms with E-state index in [1.807, 2.05) is 0 Å². The smallest absolute Gasteiger partial charge is 0.105 e. The van der Waals surface area contributed by atoms with E-state index in [0.29, 0.717) is 18.2 Å². The maximum absolute atomic E-state index is 3.83. The van der Waals surface area contributed by atoms with Gasteiger partial charge >= 0.3 is 0 Å². The molecule has 2 nitrogen and oxygen atoms in total. The fourth-order valence-corrected chi connectivity index (χ4v) is 4.80. The first-order valence-corrected chi connectivity index (χ1v) is 9.52. The predicted molar refractivity (Wildman–Crippen MR) is 95.5 cm³/mol. The topological polar surface area (TPSA) is 15.3 Å². The number of likely N-dealkylation sites (tertiary alicyclic amines) is 1. The maximum Gasteiger partial charge on any atom is 0.105 e. The molecule has 1 saturated carbocycles. The normalized spacial score (nSPS) is 36.1. The minimum atomic E-state index is 0.586. The van der Waals surface area contributed by atoms with Crippen LogP contribution in [0.4, 0.5) is 0 Å². The molecule has 1 N–H and O–H groups in total. The Bertz CT molecular complexity index is 306. The third-order valence-corrected chi connectivity index (χ3v) is 5.62. The number of rotatable bonds is 3. The molecule has 2 aliphatic rings. The summed E-state index contributed by atoms with van der Waals surface area (Å²) in [6, 6.07) is 2.06. The van der Waals surface area contributed by atoms with Gasteiger partial charge in [0.2, 0.25) is 0 Å². The fraction of sp³-hybridized carbons (Fsp3) is 1.00. The number of nitrogens with one attached hydrogen (secondary N) is 1. The van der Waals surface area contributed by atoms with E-state index in [-0.39, 0.29) is 0 Å². The molecule has 0 aromatic carbocycles. The lowest BCUT2D eigenvalue weighted by molar-refractivity contribution is -0.0128. The van der Waals surface area contributed by atoms with Crippen LogP contribution in [-0.2, 0) is 0 Å².